The summed E-state index contributed by atoms with van der Waals surface area (Å²) in [5, 5.41) is 0. The molecule has 5 heteroatoms. The second-order valence-corrected chi connectivity index (χ2v) is 3.96. The first kappa shape index (κ1) is 15.9. The van der Waals surface area contributed by atoms with Crippen molar-refractivity contribution in [2.75, 3.05) is 13.7 Å². The van der Waals surface area contributed by atoms with Crippen LogP contribution in [0.2, 0.25) is 0 Å². The molecule has 0 aromatic heterocycles. The molecule has 0 radical (unpaired) electrons. The molecule has 0 aliphatic rings. The zero-order valence-corrected chi connectivity index (χ0v) is 11.6. The van der Waals surface area contributed by atoms with E-state index < -0.39 is 18.2 Å². The van der Waals surface area contributed by atoms with Crippen LogP contribution in [-0.4, -0.2) is 25.7 Å². The fourth-order valence-electron chi connectivity index (χ4n) is 1.47. The van der Waals surface area contributed by atoms with Gasteiger partial charge in [-0.3, -0.25) is 0 Å². The Balaban J connectivity index is 2.86. The van der Waals surface area contributed by atoms with Crippen molar-refractivity contribution in [1.29, 1.82) is 0 Å². The smallest absolute Gasteiger partial charge is 0.337 e. The molecule has 0 bridgehead atoms. The van der Waals surface area contributed by atoms with Gasteiger partial charge in [0.15, 0.2) is 0 Å². The van der Waals surface area contributed by atoms with Crippen molar-refractivity contribution in [3.63, 3.8) is 0 Å². The van der Waals surface area contributed by atoms with Crippen molar-refractivity contribution in [3.05, 3.63) is 48.0 Å². The minimum atomic E-state index is -0.813. The summed E-state index contributed by atoms with van der Waals surface area (Å²) >= 11 is 0. The molecule has 0 saturated carbocycles. The van der Waals surface area contributed by atoms with E-state index in [1.54, 1.807) is 24.3 Å². The minimum Gasteiger partial charge on any atom is -0.465 e. The Morgan fingerprint density at radius 2 is 1.95 bits per heavy atom. The lowest BCUT2D eigenvalue weighted by Crippen LogP contribution is -2.13. The Morgan fingerprint density at radius 3 is 2.45 bits per heavy atom. The maximum Gasteiger partial charge on any atom is 0.337 e. The number of carbonyl (C=O) groups is 2. The van der Waals surface area contributed by atoms with E-state index in [1.807, 2.05) is 6.92 Å². The molecule has 0 saturated heterocycles. The molecule has 0 heterocycles. The second-order valence-electron chi connectivity index (χ2n) is 3.96. The number of methoxy groups -OCH3 is 1. The van der Waals surface area contributed by atoms with Crippen LogP contribution in [-0.2, 0) is 19.0 Å². The fourth-order valence-corrected chi connectivity index (χ4v) is 1.47. The van der Waals surface area contributed by atoms with E-state index in [-0.39, 0.29) is 0 Å². The topological polar surface area (TPSA) is 61.8 Å². The number of hydrogen-bond donors (Lipinski definition) is 0. The number of hydrogen-bond acceptors (Lipinski definition) is 5. The van der Waals surface area contributed by atoms with E-state index in [0.717, 1.165) is 12.5 Å². The molecule has 0 N–H and O–H groups in total. The van der Waals surface area contributed by atoms with Crippen LogP contribution in [0.1, 0.15) is 35.6 Å². The maximum atomic E-state index is 11.3. The Morgan fingerprint density at radius 1 is 1.30 bits per heavy atom. The van der Waals surface area contributed by atoms with Gasteiger partial charge in [0, 0.05) is 11.6 Å². The normalized spacial score (nSPS) is 11.5. The standard InChI is InChI=1S/C15H18O5/c1-4-10-19-15(20-13(16)5-2)12-8-6-11(7-9-12)14(17)18-3/h5-9,15H,2,4,10H2,1,3H3. The van der Waals surface area contributed by atoms with Crippen molar-refractivity contribution < 1.29 is 23.8 Å². The predicted molar refractivity (Wildman–Crippen MR) is 73.1 cm³/mol. The Labute approximate surface area is 118 Å². The van der Waals surface area contributed by atoms with Gasteiger partial charge in [-0.2, -0.15) is 0 Å². The first-order chi connectivity index (χ1) is 9.62. The summed E-state index contributed by atoms with van der Waals surface area (Å²) in [6, 6.07) is 6.49. The highest BCUT2D eigenvalue weighted by Crippen LogP contribution is 2.20. The molecule has 20 heavy (non-hydrogen) atoms. The number of rotatable bonds is 7. The van der Waals surface area contributed by atoms with Crippen molar-refractivity contribution in [2.24, 2.45) is 0 Å². The third-order valence-corrected chi connectivity index (χ3v) is 2.47. The van der Waals surface area contributed by atoms with E-state index in [9.17, 15) is 9.59 Å². The van der Waals surface area contributed by atoms with Gasteiger partial charge in [-0.15, -0.1) is 0 Å². The average Bonchev–Trinajstić information content (AvgIpc) is 2.50. The maximum absolute atomic E-state index is 11.3. The number of carbonyl (C=O) groups excluding carboxylic acids is 2. The van der Waals surface area contributed by atoms with Crippen molar-refractivity contribution >= 4 is 11.9 Å². The molecule has 0 aliphatic heterocycles. The molecule has 5 nitrogen and oxygen atoms in total. The Hall–Kier alpha value is -2.14. The van der Waals surface area contributed by atoms with Crippen LogP contribution in [0.15, 0.2) is 36.9 Å². The van der Waals surface area contributed by atoms with E-state index in [1.165, 1.54) is 7.11 Å². The highest BCUT2D eigenvalue weighted by atomic mass is 16.7. The van der Waals surface area contributed by atoms with Gasteiger partial charge in [0.1, 0.15) is 0 Å². The molecule has 0 amide bonds. The molecule has 0 spiro atoms. The summed E-state index contributed by atoms with van der Waals surface area (Å²) in [5.74, 6) is -0.992. The average molecular weight is 278 g/mol. The van der Waals surface area contributed by atoms with Crippen molar-refractivity contribution in [3.8, 4) is 0 Å². The van der Waals surface area contributed by atoms with Gasteiger partial charge < -0.3 is 14.2 Å². The second kappa shape index (κ2) is 8.12. The molecule has 1 atom stereocenters. The molecule has 1 unspecified atom stereocenters. The third kappa shape index (κ3) is 4.51. The van der Waals surface area contributed by atoms with Crippen LogP contribution in [0.25, 0.3) is 0 Å². The van der Waals surface area contributed by atoms with Gasteiger partial charge in [0.05, 0.1) is 19.3 Å². The number of esters is 2. The number of ether oxygens (including phenoxy) is 3. The lowest BCUT2D eigenvalue weighted by Gasteiger charge is -2.17. The predicted octanol–water partition coefficient (Wildman–Crippen LogP) is 2.63. The van der Waals surface area contributed by atoms with Crippen LogP contribution in [0.4, 0.5) is 0 Å². The van der Waals surface area contributed by atoms with Crippen LogP contribution in [0, 0.1) is 0 Å². The van der Waals surface area contributed by atoms with Crippen molar-refractivity contribution in [1.82, 2.24) is 0 Å². The van der Waals surface area contributed by atoms with Crippen LogP contribution >= 0.6 is 0 Å². The highest BCUT2D eigenvalue weighted by molar-refractivity contribution is 5.89. The van der Waals surface area contributed by atoms with Crippen LogP contribution in [0.3, 0.4) is 0 Å². The summed E-state index contributed by atoms with van der Waals surface area (Å²) in [6.45, 7) is 5.75. The largest absolute Gasteiger partial charge is 0.465 e. The summed E-state index contributed by atoms with van der Waals surface area (Å²) in [4.78, 5) is 22.6. The molecule has 0 fully saturated rings. The van der Waals surface area contributed by atoms with E-state index in [0.29, 0.717) is 17.7 Å². The molecular formula is C15H18O5. The monoisotopic (exact) mass is 278 g/mol. The Bertz CT molecular complexity index is 464. The minimum absolute atomic E-state index is 0.417. The molecule has 1 aromatic carbocycles. The molecular weight excluding hydrogens is 260 g/mol. The first-order valence-electron chi connectivity index (χ1n) is 6.25. The van der Waals surface area contributed by atoms with Gasteiger partial charge in [-0.05, 0) is 18.6 Å². The van der Waals surface area contributed by atoms with Gasteiger partial charge in [0.2, 0.25) is 6.29 Å². The SMILES string of the molecule is C=CC(=O)OC(OCCC)c1ccc(C(=O)OC)cc1. The van der Waals surface area contributed by atoms with Crippen molar-refractivity contribution in [2.45, 2.75) is 19.6 Å². The zero-order chi connectivity index (χ0) is 15.0. The third-order valence-electron chi connectivity index (χ3n) is 2.47. The fraction of sp³-hybridized carbons (Fsp3) is 0.333. The van der Waals surface area contributed by atoms with Gasteiger partial charge in [-0.1, -0.05) is 25.6 Å². The van der Waals surface area contributed by atoms with Crippen LogP contribution < -0.4 is 0 Å². The summed E-state index contributed by atoms with van der Waals surface area (Å²) in [5.41, 5.74) is 1.06. The quantitative estimate of drug-likeness (QED) is 0.436. The van der Waals surface area contributed by atoms with Gasteiger partial charge >= 0.3 is 11.9 Å². The van der Waals surface area contributed by atoms with Gasteiger partial charge in [0.25, 0.3) is 0 Å². The van der Waals surface area contributed by atoms with E-state index in [2.05, 4.69) is 11.3 Å². The summed E-state index contributed by atoms with van der Waals surface area (Å²) in [6.07, 6.45) is 1.06. The van der Waals surface area contributed by atoms with Gasteiger partial charge in [-0.25, -0.2) is 9.59 Å². The first-order valence-corrected chi connectivity index (χ1v) is 6.25. The molecule has 1 aromatic rings. The van der Waals surface area contributed by atoms with E-state index >= 15 is 0 Å². The highest BCUT2D eigenvalue weighted by Gasteiger charge is 2.16. The summed E-state index contributed by atoms with van der Waals surface area (Å²) < 4.78 is 15.2. The van der Waals surface area contributed by atoms with Crippen LogP contribution in [0.5, 0.6) is 0 Å². The lowest BCUT2D eigenvalue weighted by atomic mass is 10.1. The lowest BCUT2D eigenvalue weighted by molar-refractivity contribution is -0.175. The molecule has 108 valence electrons. The molecule has 0 aliphatic carbocycles. The summed E-state index contributed by atoms with van der Waals surface area (Å²) in [7, 11) is 1.31. The van der Waals surface area contributed by atoms with E-state index in [4.69, 9.17) is 9.47 Å². The molecule has 1 rings (SSSR count). The zero-order valence-electron chi connectivity index (χ0n) is 11.6. The number of benzene rings is 1. The Kier molecular flexibility index (Phi) is 6.46.